The van der Waals surface area contributed by atoms with Crippen LogP contribution in [0.25, 0.3) is 0 Å². The Morgan fingerprint density at radius 3 is 2.88 bits per heavy atom. The molecule has 0 spiro atoms. The van der Waals surface area contributed by atoms with Crippen molar-refractivity contribution in [2.75, 3.05) is 13.2 Å². The molecule has 1 aliphatic heterocycles. The molecule has 2 atom stereocenters. The summed E-state index contributed by atoms with van der Waals surface area (Å²) in [6.07, 6.45) is 5.93. The number of nitrogens with one attached hydrogen (secondary N) is 1. The molecule has 0 aliphatic carbocycles. The lowest BCUT2D eigenvalue weighted by atomic mass is 10.1. The van der Waals surface area contributed by atoms with Crippen molar-refractivity contribution in [3.05, 3.63) is 0 Å². The number of rotatable bonds is 7. The zero-order valence-electron chi connectivity index (χ0n) is 10.6. The molecule has 0 aromatic rings. The van der Waals surface area contributed by atoms with Crippen LogP contribution in [0, 0.1) is 0 Å². The molecule has 17 heavy (non-hydrogen) atoms. The fourth-order valence-corrected chi connectivity index (χ4v) is 2.00. The van der Waals surface area contributed by atoms with Gasteiger partial charge in [0.1, 0.15) is 0 Å². The zero-order chi connectivity index (χ0) is 11.8. The lowest BCUT2D eigenvalue weighted by Crippen LogP contribution is -2.41. The first-order valence-electron chi connectivity index (χ1n) is 6.37. The van der Waals surface area contributed by atoms with Crippen LogP contribution in [-0.4, -0.2) is 31.2 Å². The number of halogens is 1. The third-order valence-electron chi connectivity index (χ3n) is 2.99. The van der Waals surface area contributed by atoms with E-state index >= 15 is 0 Å². The van der Waals surface area contributed by atoms with Gasteiger partial charge in [0.25, 0.3) is 0 Å². The Bertz CT molecular complexity index is 209. The number of carbonyl (C=O) groups is 1. The first-order valence-corrected chi connectivity index (χ1v) is 6.37. The third kappa shape index (κ3) is 6.86. The Morgan fingerprint density at radius 1 is 1.59 bits per heavy atom. The summed E-state index contributed by atoms with van der Waals surface area (Å²) in [4.78, 5) is 11.7. The molecule has 1 aliphatic rings. The van der Waals surface area contributed by atoms with Crippen molar-refractivity contribution in [1.29, 1.82) is 0 Å². The second-order valence-corrected chi connectivity index (χ2v) is 4.48. The van der Waals surface area contributed by atoms with Crippen molar-refractivity contribution in [3.8, 4) is 0 Å². The molecule has 0 aromatic carbocycles. The first-order chi connectivity index (χ1) is 7.76. The Kier molecular flexibility index (Phi) is 9.50. The highest BCUT2D eigenvalue weighted by atomic mass is 35.5. The van der Waals surface area contributed by atoms with Crippen molar-refractivity contribution in [3.63, 3.8) is 0 Å². The topological polar surface area (TPSA) is 64.3 Å². The second-order valence-electron chi connectivity index (χ2n) is 4.48. The van der Waals surface area contributed by atoms with Crippen LogP contribution in [0.15, 0.2) is 0 Å². The molecule has 0 bridgehead atoms. The molecule has 0 radical (unpaired) electrons. The lowest BCUT2D eigenvalue weighted by molar-refractivity contribution is -0.123. The number of unbranched alkanes of at least 4 members (excludes halogenated alkanes) is 1. The standard InChI is InChI=1S/C12H24N2O2.ClH/c1-2-3-5-10(9-13)14-12(15)8-11-6-4-7-16-11;/h10-11H,2-9,13H2,1H3,(H,14,15);1H. The van der Waals surface area contributed by atoms with Crippen molar-refractivity contribution >= 4 is 18.3 Å². The molecule has 1 amide bonds. The molecule has 3 N–H and O–H groups in total. The smallest absolute Gasteiger partial charge is 0.222 e. The van der Waals surface area contributed by atoms with Gasteiger partial charge >= 0.3 is 0 Å². The summed E-state index contributed by atoms with van der Waals surface area (Å²) in [6.45, 7) is 3.47. The molecular weight excluding hydrogens is 240 g/mol. The molecule has 5 heteroatoms. The lowest BCUT2D eigenvalue weighted by Gasteiger charge is -2.17. The largest absolute Gasteiger partial charge is 0.378 e. The van der Waals surface area contributed by atoms with Crippen LogP contribution in [0.4, 0.5) is 0 Å². The minimum atomic E-state index is 0. The summed E-state index contributed by atoms with van der Waals surface area (Å²) in [5.41, 5.74) is 5.62. The van der Waals surface area contributed by atoms with Gasteiger partial charge in [0.05, 0.1) is 12.5 Å². The van der Waals surface area contributed by atoms with Gasteiger partial charge in [-0.1, -0.05) is 19.8 Å². The Labute approximate surface area is 110 Å². The minimum Gasteiger partial charge on any atom is -0.378 e. The minimum absolute atomic E-state index is 0. The molecule has 1 saturated heterocycles. The van der Waals surface area contributed by atoms with Crippen LogP contribution in [0.3, 0.4) is 0 Å². The first kappa shape index (κ1) is 16.7. The summed E-state index contributed by atoms with van der Waals surface area (Å²) < 4.78 is 5.43. The van der Waals surface area contributed by atoms with Crippen LogP contribution in [-0.2, 0) is 9.53 Å². The maximum absolute atomic E-state index is 11.7. The van der Waals surface area contributed by atoms with E-state index in [1.165, 1.54) is 0 Å². The van der Waals surface area contributed by atoms with Gasteiger partial charge in [-0.2, -0.15) is 0 Å². The maximum atomic E-state index is 11.7. The number of nitrogens with two attached hydrogens (primary N) is 1. The highest BCUT2D eigenvalue weighted by molar-refractivity contribution is 5.85. The van der Waals surface area contributed by atoms with E-state index in [4.69, 9.17) is 10.5 Å². The number of hydrogen-bond acceptors (Lipinski definition) is 3. The summed E-state index contributed by atoms with van der Waals surface area (Å²) in [5.74, 6) is 0.0819. The second kappa shape index (κ2) is 9.68. The van der Waals surface area contributed by atoms with E-state index in [0.29, 0.717) is 13.0 Å². The fraction of sp³-hybridized carbons (Fsp3) is 0.917. The zero-order valence-corrected chi connectivity index (χ0v) is 11.4. The van der Waals surface area contributed by atoms with E-state index in [1.54, 1.807) is 0 Å². The van der Waals surface area contributed by atoms with E-state index in [2.05, 4.69) is 12.2 Å². The van der Waals surface area contributed by atoms with Gasteiger partial charge in [-0.05, 0) is 19.3 Å². The number of carbonyl (C=O) groups excluding carboxylic acids is 1. The predicted octanol–water partition coefficient (Wildman–Crippen LogP) is 1.61. The van der Waals surface area contributed by atoms with Gasteiger partial charge in [-0.3, -0.25) is 4.79 Å². The van der Waals surface area contributed by atoms with E-state index in [9.17, 15) is 4.79 Å². The van der Waals surface area contributed by atoms with Crippen LogP contribution < -0.4 is 11.1 Å². The Hall–Kier alpha value is -0.320. The molecule has 1 heterocycles. The van der Waals surface area contributed by atoms with Crippen molar-refractivity contribution in [2.45, 2.75) is 57.6 Å². The van der Waals surface area contributed by atoms with Gasteiger partial charge in [-0.25, -0.2) is 0 Å². The Morgan fingerprint density at radius 2 is 2.35 bits per heavy atom. The molecule has 1 fully saturated rings. The molecule has 1 rings (SSSR count). The van der Waals surface area contributed by atoms with E-state index in [0.717, 1.165) is 38.7 Å². The molecule has 2 unspecified atom stereocenters. The number of hydrogen-bond donors (Lipinski definition) is 2. The van der Waals surface area contributed by atoms with Gasteiger partial charge < -0.3 is 15.8 Å². The van der Waals surface area contributed by atoms with Gasteiger partial charge in [-0.15, -0.1) is 12.4 Å². The highest BCUT2D eigenvalue weighted by Crippen LogP contribution is 2.15. The summed E-state index contributed by atoms with van der Waals surface area (Å²) in [5, 5.41) is 2.98. The SMILES string of the molecule is CCCCC(CN)NC(=O)CC1CCCO1.Cl. The molecular formula is C12H25ClN2O2. The van der Waals surface area contributed by atoms with Crippen molar-refractivity contribution in [2.24, 2.45) is 5.73 Å². The van der Waals surface area contributed by atoms with Crippen LogP contribution >= 0.6 is 12.4 Å². The Balaban J connectivity index is 0.00000256. The molecule has 0 saturated carbocycles. The average Bonchev–Trinajstić information content (AvgIpc) is 2.76. The maximum Gasteiger partial charge on any atom is 0.222 e. The van der Waals surface area contributed by atoms with E-state index in [1.807, 2.05) is 0 Å². The summed E-state index contributed by atoms with van der Waals surface area (Å²) in [7, 11) is 0. The number of amides is 1. The van der Waals surface area contributed by atoms with Crippen molar-refractivity contribution < 1.29 is 9.53 Å². The third-order valence-corrected chi connectivity index (χ3v) is 2.99. The summed E-state index contributed by atoms with van der Waals surface area (Å²) in [6, 6.07) is 0.133. The molecule has 102 valence electrons. The molecule has 0 aromatic heterocycles. The van der Waals surface area contributed by atoms with E-state index in [-0.39, 0.29) is 30.5 Å². The highest BCUT2D eigenvalue weighted by Gasteiger charge is 2.20. The van der Waals surface area contributed by atoms with Gasteiger partial charge in [0, 0.05) is 19.2 Å². The van der Waals surface area contributed by atoms with Crippen molar-refractivity contribution in [1.82, 2.24) is 5.32 Å². The molecule has 4 nitrogen and oxygen atoms in total. The monoisotopic (exact) mass is 264 g/mol. The summed E-state index contributed by atoms with van der Waals surface area (Å²) >= 11 is 0. The van der Waals surface area contributed by atoms with Crippen LogP contribution in [0.5, 0.6) is 0 Å². The van der Waals surface area contributed by atoms with Crippen LogP contribution in [0.1, 0.15) is 45.4 Å². The van der Waals surface area contributed by atoms with Gasteiger partial charge in [0.2, 0.25) is 5.91 Å². The normalized spacial score (nSPS) is 20.7. The number of ether oxygens (including phenoxy) is 1. The van der Waals surface area contributed by atoms with Gasteiger partial charge in [0.15, 0.2) is 0 Å². The van der Waals surface area contributed by atoms with Crippen LogP contribution in [0.2, 0.25) is 0 Å². The fourth-order valence-electron chi connectivity index (χ4n) is 2.00. The van der Waals surface area contributed by atoms with E-state index < -0.39 is 0 Å². The quantitative estimate of drug-likeness (QED) is 0.734. The predicted molar refractivity (Wildman–Crippen MR) is 71.3 cm³/mol. The average molecular weight is 265 g/mol.